The summed E-state index contributed by atoms with van der Waals surface area (Å²) in [6, 6.07) is 40.5. The third kappa shape index (κ3) is 60.3. The highest BCUT2D eigenvalue weighted by Gasteiger charge is 2.02. The average Bonchev–Trinajstić information content (AvgIpc) is 1.06. The van der Waals surface area contributed by atoms with Gasteiger partial charge in [-0.05, 0) is 124 Å². The molecule has 0 spiro atoms. The third-order valence-electron chi connectivity index (χ3n) is 13.5. The van der Waals surface area contributed by atoms with Gasteiger partial charge in [-0.3, -0.25) is 29.9 Å². The number of rotatable bonds is 28. The monoisotopic (exact) mass is 1520 g/mol. The van der Waals surface area contributed by atoms with Crippen molar-refractivity contribution in [3.63, 3.8) is 0 Å². The molecule has 0 aliphatic heterocycles. The number of thiazole rings is 1. The molecule has 0 saturated heterocycles. The Morgan fingerprint density at radius 3 is 1.28 bits per heavy atom. The molecule has 0 saturated carbocycles. The SMILES string of the molecule is CC(C)NCc1ccccn1.CC(C)NCc1cccnc1.CC(C)NCc1ccncc1.CC(C)NCc1cnccn1.CC(C)NCc1nccs1.CC(C)Nc1cccnc1.CC(C)Nc1cncnc1.CC(C)Nc1ncccn1.COc1ccc(CNC(C)C)cc1.[C-]#[N+]c1cccc(CNC(C)C)c1. The molecule has 24 heteroatoms. The fourth-order valence-electron chi connectivity index (χ4n) is 8.06. The fraction of sp³-hybridized carbons (Fsp3) is 0.442. The van der Waals surface area contributed by atoms with Gasteiger partial charge in [-0.15, -0.1) is 11.3 Å². The van der Waals surface area contributed by atoms with E-state index in [1.54, 1.807) is 80.3 Å². The smallest absolute Gasteiger partial charge is 0.222 e. The molecule has 0 fully saturated rings. The quantitative estimate of drug-likeness (QED) is 0.0204. The van der Waals surface area contributed by atoms with Crippen LogP contribution in [0.4, 0.5) is 23.0 Å². The van der Waals surface area contributed by atoms with Crippen LogP contribution >= 0.6 is 11.3 Å². The van der Waals surface area contributed by atoms with E-state index >= 15 is 0 Å². The molecular formula is C86H132N22OS. The summed E-state index contributed by atoms with van der Waals surface area (Å²) >= 11 is 1.69. The van der Waals surface area contributed by atoms with Crippen LogP contribution in [0.3, 0.4) is 0 Å². The van der Waals surface area contributed by atoms with Gasteiger partial charge in [0.05, 0.1) is 48.8 Å². The van der Waals surface area contributed by atoms with E-state index in [-0.39, 0.29) is 0 Å². The maximum absolute atomic E-state index is 6.86. The Kier molecular flexibility index (Phi) is 57.4. The van der Waals surface area contributed by atoms with E-state index in [0.29, 0.717) is 72.1 Å². The van der Waals surface area contributed by atoms with E-state index in [0.717, 1.165) is 79.3 Å². The van der Waals surface area contributed by atoms with Gasteiger partial charge in [0.25, 0.3) is 0 Å². The molecule has 10 N–H and O–H groups in total. The van der Waals surface area contributed by atoms with Gasteiger partial charge >= 0.3 is 0 Å². The number of anilines is 3. The van der Waals surface area contributed by atoms with Gasteiger partial charge < -0.3 is 57.9 Å². The molecule has 23 nitrogen and oxygen atoms in total. The second-order valence-corrected chi connectivity index (χ2v) is 28.9. The Bertz CT molecular complexity index is 3380. The number of benzene rings is 2. The molecule has 10 rings (SSSR count). The van der Waals surface area contributed by atoms with E-state index in [4.69, 9.17) is 11.3 Å². The molecule has 0 aliphatic rings. The molecule has 0 unspecified atom stereocenters. The zero-order valence-corrected chi connectivity index (χ0v) is 70.4. The standard InChI is InChI=1S/C11H14N2.C11H17NO.3C9H14N2.C8H13N3.C8H12N2.2C7H11N3.C7H12N2S/c1-9(2)13-8-10-5-4-6-11(7-10)12-3;1-9(2)12-8-10-4-6-11(13-3)7-5-10;1-8(2)11-7-9-3-5-10-6-4-9;1-8(2)11-7-9-4-3-5-10-6-9;1-8(2)11-7-9-5-3-4-6-10-9;1-7(2)11-6-8-5-9-3-4-10-8;1-7(2)10-8-4-3-5-9-6-8;1-6(2)10-7-3-8-5-9-4-7;1-6(2)10-7-8-4-3-5-9-7;1-6(2)9-5-7-8-3-4-10-7/h4-7,9,13H,8H2,1-2H3;4-7,9,12H,8H2,1-3H3;3*3-6,8,11H,7H2,1-2H3;3-5,7,11H,6H2,1-2H3;3-7,10H,1-2H3;3-6,10H,1-2H3;3-6H,1-2H3,(H,8,9,10);3-4,6,9H,5H2,1-2H3. The predicted octanol–water partition coefficient (Wildman–Crippen LogP) is 16.8. The molecule has 8 heterocycles. The second-order valence-electron chi connectivity index (χ2n) is 27.9. The van der Waals surface area contributed by atoms with Crippen LogP contribution in [0.25, 0.3) is 4.85 Å². The number of methoxy groups -OCH3 is 1. The summed E-state index contributed by atoms with van der Waals surface area (Å²) < 4.78 is 5.07. The number of hydrogen-bond acceptors (Lipinski definition) is 23. The van der Waals surface area contributed by atoms with Crippen LogP contribution in [0.1, 0.15) is 177 Å². The van der Waals surface area contributed by atoms with Crippen molar-refractivity contribution in [1.29, 1.82) is 0 Å². The van der Waals surface area contributed by atoms with Crippen molar-refractivity contribution in [2.24, 2.45) is 0 Å². The van der Waals surface area contributed by atoms with Crippen LogP contribution < -0.4 is 57.9 Å². The predicted molar refractivity (Wildman–Crippen MR) is 461 cm³/mol. The van der Waals surface area contributed by atoms with Gasteiger partial charge in [-0.25, -0.2) is 29.8 Å². The van der Waals surface area contributed by atoms with Gasteiger partial charge in [0.2, 0.25) is 5.95 Å². The van der Waals surface area contributed by atoms with Crippen molar-refractivity contribution in [1.82, 2.24) is 92.0 Å². The first-order valence-corrected chi connectivity index (χ1v) is 38.9. The summed E-state index contributed by atoms with van der Waals surface area (Å²) in [5, 5.41) is 35.8. The van der Waals surface area contributed by atoms with Gasteiger partial charge in [0.15, 0.2) is 5.69 Å². The van der Waals surface area contributed by atoms with Gasteiger partial charge in [0.1, 0.15) is 17.1 Å². The average molecular weight is 1520 g/mol. The first kappa shape index (κ1) is 98.3. The normalized spacial score (nSPS) is 10.3. The van der Waals surface area contributed by atoms with E-state index in [2.05, 4.69) is 270 Å². The maximum Gasteiger partial charge on any atom is 0.222 e. The van der Waals surface area contributed by atoms with Gasteiger partial charge in [-0.1, -0.05) is 145 Å². The largest absolute Gasteiger partial charge is 0.497 e. The molecule has 0 bridgehead atoms. The zero-order chi connectivity index (χ0) is 81.4. The van der Waals surface area contributed by atoms with Crippen LogP contribution in [0.2, 0.25) is 0 Å². The molecule has 8 aromatic heterocycles. The summed E-state index contributed by atoms with van der Waals surface area (Å²) in [6.07, 6.45) is 28.2. The van der Waals surface area contributed by atoms with Crippen molar-refractivity contribution in [3.8, 4) is 5.75 Å². The van der Waals surface area contributed by atoms with E-state index in [9.17, 15) is 0 Å². The lowest BCUT2D eigenvalue weighted by Gasteiger charge is -2.08. The highest BCUT2D eigenvalue weighted by molar-refractivity contribution is 7.09. The molecule has 598 valence electrons. The highest BCUT2D eigenvalue weighted by Crippen LogP contribution is 2.14. The van der Waals surface area contributed by atoms with Crippen LogP contribution in [-0.4, -0.2) is 122 Å². The molecule has 0 amide bonds. The zero-order valence-electron chi connectivity index (χ0n) is 69.6. The van der Waals surface area contributed by atoms with Gasteiger partial charge in [-0.2, -0.15) is 0 Å². The van der Waals surface area contributed by atoms with Crippen molar-refractivity contribution < 1.29 is 4.74 Å². The van der Waals surface area contributed by atoms with Crippen molar-refractivity contribution >= 4 is 34.3 Å². The van der Waals surface area contributed by atoms with Crippen LogP contribution in [0, 0.1) is 6.57 Å². The Labute approximate surface area is 665 Å². The fourth-order valence-corrected chi connectivity index (χ4v) is 8.63. The topological polar surface area (TPSA) is 276 Å². The number of aromatic nitrogens is 11. The third-order valence-corrected chi connectivity index (χ3v) is 14.3. The second kappa shape index (κ2) is 64.2. The van der Waals surface area contributed by atoms with Crippen molar-refractivity contribution in [2.45, 2.75) is 245 Å². The summed E-state index contributed by atoms with van der Waals surface area (Å²) in [5.41, 5.74) is 9.83. The van der Waals surface area contributed by atoms with E-state index in [1.165, 1.54) is 28.6 Å². The van der Waals surface area contributed by atoms with Crippen LogP contribution in [0.15, 0.2) is 214 Å². The van der Waals surface area contributed by atoms with E-state index in [1.807, 2.05) is 127 Å². The lowest BCUT2D eigenvalue weighted by Crippen LogP contribution is -2.22. The molecule has 0 atom stereocenters. The molecule has 0 radical (unpaired) electrons. The molecule has 2 aromatic carbocycles. The minimum Gasteiger partial charge on any atom is -0.497 e. The summed E-state index contributed by atoms with van der Waals surface area (Å²) in [5.74, 6) is 1.60. The first-order valence-electron chi connectivity index (χ1n) is 38.0. The Morgan fingerprint density at radius 2 is 0.809 bits per heavy atom. The summed E-state index contributed by atoms with van der Waals surface area (Å²) in [6.45, 7) is 55.3. The van der Waals surface area contributed by atoms with Crippen LogP contribution in [-0.2, 0) is 45.8 Å². The number of ether oxygens (including phenoxy) is 1. The number of nitrogens with one attached hydrogen (secondary N) is 10. The molecule has 10 aromatic rings. The Morgan fingerprint density at radius 1 is 0.336 bits per heavy atom. The Balaban J connectivity index is 0.000000612. The minimum atomic E-state index is 0.391. The molecule has 110 heavy (non-hydrogen) atoms. The van der Waals surface area contributed by atoms with E-state index < -0.39 is 0 Å². The van der Waals surface area contributed by atoms with Crippen molar-refractivity contribution in [2.75, 3.05) is 23.1 Å². The number of nitrogens with zero attached hydrogens (tertiary/aromatic N) is 12. The number of hydrogen-bond donors (Lipinski definition) is 10. The van der Waals surface area contributed by atoms with Gasteiger partial charge in [0, 0.05) is 192 Å². The van der Waals surface area contributed by atoms with Crippen LogP contribution in [0.5, 0.6) is 5.75 Å². The lowest BCUT2D eigenvalue weighted by molar-refractivity contribution is 0.414. The lowest BCUT2D eigenvalue weighted by atomic mass is 10.2. The van der Waals surface area contributed by atoms with Crippen molar-refractivity contribution in [3.05, 3.63) is 264 Å². The highest BCUT2D eigenvalue weighted by atomic mass is 32.1. The number of pyridine rings is 4. The Hall–Kier alpha value is -9.68. The minimum absolute atomic E-state index is 0.391. The summed E-state index contributed by atoms with van der Waals surface area (Å²) in [4.78, 5) is 47.5. The maximum atomic E-state index is 6.86. The first-order chi connectivity index (χ1) is 52.7. The molecule has 0 aliphatic carbocycles. The molecular weight excluding hydrogens is 1390 g/mol. The summed E-state index contributed by atoms with van der Waals surface area (Å²) in [7, 11) is 1.68.